The van der Waals surface area contributed by atoms with Crippen LogP contribution in [0.4, 0.5) is 0 Å². The minimum absolute atomic E-state index is 0.158. The molecule has 2 saturated carbocycles. The maximum absolute atomic E-state index is 11.5. The van der Waals surface area contributed by atoms with E-state index in [0.29, 0.717) is 0 Å². The highest BCUT2D eigenvalue weighted by Gasteiger charge is 2.57. The van der Waals surface area contributed by atoms with Crippen molar-refractivity contribution >= 4 is 6.29 Å². The van der Waals surface area contributed by atoms with E-state index in [4.69, 9.17) is 4.74 Å². The van der Waals surface area contributed by atoms with Crippen LogP contribution in [0.3, 0.4) is 0 Å². The van der Waals surface area contributed by atoms with E-state index < -0.39 is 5.60 Å². The van der Waals surface area contributed by atoms with E-state index in [-0.39, 0.29) is 11.5 Å². The van der Waals surface area contributed by atoms with Gasteiger partial charge in [0.25, 0.3) is 0 Å². The zero-order valence-corrected chi connectivity index (χ0v) is 9.92. The summed E-state index contributed by atoms with van der Waals surface area (Å²) in [6.45, 7) is 4.07. The van der Waals surface area contributed by atoms with Crippen molar-refractivity contribution in [2.45, 2.75) is 70.5 Å². The molecule has 0 aromatic heterocycles. The molecule has 0 aromatic carbocycles. The van der Waals surface area contributed by atoms with Crippen LogP contribution in [0.5, 0.6) is 0 Å². The molecular formula is C13H22O2. The Hall–Kier alpha value is -0.370. The molecule has 0 N–H and O–H groups in total. The first-order valence-electron chi connectivity index (χ1n) is 6.28. The van der Waals surface area contributed by atoms with Crippen molar-refractivity contribution < 1.29 is 9.53 Å². The van der Waals surface area contributed by atoms with Gasteiger partial charge in [-0.2, -0.15) is 0 Å². The Morgan fingerprint density at radius 3 is 2.20 bits per heavy atom. The number of carbonyl (C=O) groups is 1. The van der Waals surface area contributed by atoms with Crippen LogP contribution in [-0.2, 0) is 9.53 Å². The number of hydrogen-bond donors (Lipinski definition) is 0. The van der Waals surface area contributed by atoms with Crippen LogP contribution < -0.4 is 0 Å². The highest BCUT2D eigenvalue weighted by atomic mass is 16.5. The smallest absolute Gasteiger partial charge is 0.152 e. The fourth-order valence-corrected chi connectivity index (χ4v) is 3.71. The van der Waals surface area contributed by atoms with Crippen LogP contribution in [0.25, 0.3) is 0 Å². The van der Waals surface area contributed by atoms with Gasteiger partial charge in [0.05, 0.1) is 6.10 Å². The van der Waals surface area contributed by atoms with E-state index in [1.807, 2.05) is 13.8 Å². The van der Waals surface area contributed by atoms with Gasteiger partial charge in [0.2, 0.25) is 0 Å². The van der Waals surface area contributed by atoms with Gasteiger partial charge in [-0.1, -0.05) is 12.8 Å². The van der Waals surface area contributed by atoms with Crippen molar-refractivity contribution in [1.82, 2.24) is 0 Å². The fraction of sp³-hybridized carbons (Fsp3) is 0.923. The van der Waals surface area contributed by atoms with Crippen LogP contribution >= 0.6 is 0 Å². The van der Waals surface area contributed by atoms with E-state index >= 15 is 0 Å². The topological polar surface area (TPSA) is 26.3 Å². The first kappa shape index (κ1) is 11.1. The van der Waals surface area contributed by atoms with Gasteiger partial charge in [-0.15, -0.1) is 0 Å². The summed E-state index contributed by atoms with van der Waals surface area (Å²) in [4.78, 5) is 11.5. The van der Waals surface area contributed by atoms with Gasteiger partial charge < -0.3 is 9.53 Å². The molecule has 0 bridgehead atoms. The summed E-state index contributed by atoms with van der Waals surface area (Å²) in [5.41, 5.74) is -0.253. The zero-order chi connectivity index (χ0) is 10.9. The van der Waals surface area contributed by atoms with Crippen molar-refractivity contribution in [1.29, 1.82) is 0 Å². The van der Waals surface area contributed by atoms with Crippen LogP contribution in [0, 0.1) is 5.41 Å². The summed E-state index contributed by atoms with van der Waals surface area (Å²) in [5.74, 6) is 0. The molecule has 15 heavy (non-hydrogen) atoms. The molecule has 2 rings (SSSR count). The molecule has 0 aromatic rings. The molecule has 2 fully saturated rings. The van der Waals surface area contributed by atoms with Gasteiger partial charge in [0, 0.05) is 5.41 Å². The van der Waals surface area contributed by atoms with Crippen LogP contribution in [0.2, 0.25) is 0 Å². The maximum atomic E-state index is 11.5. The second-order valence-corrected chi connectivity index (χ2v) is 5.51. The molecule has 0 heterocycles. The minimum atomic E-state index is -0.447. The number of hydrogen-bond acceptors (Lipinski definition) is 2. The lowest BCUT2D eigenvalue weighted by Gasteiger charge is -2.40. The van der Waals surface area contributed by atoms with Gasteiger partial charge in [-0.05, 0) is 46.0 Å². The molecular weight excluding hydrogens is 188 g/mol. The van der Waals surface area contributed by atoms with Crippen molar-refractivity contribution in [3.8, 4) is 0 Å². The third-order valence-corrected chi connectivity index (χ3v) is 4.30. The molecule has 1 spiro atoms. The molecule has 1 unspecified atom stereocenters. The molecule has 0 aliphatic heterocycles. The van der Waals surface area contributed by atoms with E-state index in [0.717, 1.165) is 19.1 Å². The summed E-state index contributed by atoms with van der Waals surface area (Å²) in [7, 11) is 0. The average Bonchev–Trinajstić information content (AvgIpc) is 2.77. The SMILES string of the molecule is CC(C)OC1(C=O)CCCC12CCCC2. The Balaban J connectivity index is 2.25. The summed E-state index contributed by atoms with van der Waals surface area (Å²) < 4.78 is 6.02. The second kappa shape index (κ2) is 3.89. The molecule has 2 heteroatoms. The lowest BCUT2D eigenvalue weighted by Crippen LogP contribution is -2.47. The molecule has 2 aliphatic carbocycles. The fourth-order valence-electron chi connectivity index (χ4n) is 3.71. The largest absolute Gasteiger partial charge is 0.364 e. The summed E-state index contributed by atoms with van der Waals surface area (Å²) in [6, 6.07) is 0. The number of rotatable bonds is 3. The Bertz CT molecular complexity index is 235. The zero-order valence-electron chi connectivity index (χ0n) is 9.92. The predicted molar refractivity (Wildman–Crippen MR) is 59.8 cm³/mol. The van der Waals surface area contributed by atoms with Crippen LogP contribution in [0.15, 0.2) is 0 Å². The van der Waals surface area contributed by atoms with Crippen LogP contribution in [-0.4, -0.2) is 18.0 Å². The molecule has 0 amide bonds. The summed E-state index contributed by atoms with van der Waals surface area (Å²) >= 11 is 0. The third-order valence-electron chi connectivity index (χ3n) is 4.30. The number of ether oxygens (including phenoxy) is 1. The minimum Gasteiger partial charge on any atom is -0.364 e. The van der Waals surface area contributed by atoms with Crippen molar-refractivity contribution in [2.24, 2.45) is 5.41 Å². The predicted octanol–water partition coefficient (Wildman–Crippen LogP) is 3.09. The second-order valence-electron chi connectivity index (χ2n) is 5.51. The van der Waals surface area contributed by atoms with Crippen molar-refractivity contribution in [3.63, 3.8) is 0 Å². The number of carbonyl (C=O) groups excluding carboxylic acids is 1. The van der Waals surface area contributed by atoms with Gasteiger partial charge in [0.1, 0.15) is 5.60 Å². The van der Waals surface area contributed by atoms with E-state index in [1.165, 1.54) is 32.1 Å². The van der Waals surface area contributed by atoms with Gasteiger partial charge >= 0.3 is 0 Å². The number of aldehydes is 1. The van der Waals surface area contributed by atoms with E-state index in [1.54, 1.807) is 0 Å². The quantitative estimate of drug-likeness (QED) is 0.669. The molecule has 1 atom stereocenters. The first-order valence-corrected chi connectivity index (χ1v) is 6.28. The Labute approximate surface area is 92.4 Å². The third kappa shape index (κ3) is 1.63. The highest BCUT2D eigenvalue weighted by molar-refractivity contribution is 5.65. The van der Waals surface area contributed by atoms with Crippen molar-refractivity contribution in [2.75, 3.05) is 0 Å². The first-order chi connectivity index (χ1) is 7.14. The van der Waals surface area contributed by atoms with Crippen LogP contribution in [0.1, 0.15) is 58.8 Å². The molecule has 0 saturated heterocycles. The monoisotopic (exact) mass is 210 g/mol. The van der Waals surface area contributed by atoms with Gasteiger partial charge in [0.15, 0.2) is 6.29 Å². The molecule has 0 radical (unpaired) electrons. The lowest BCUT2D eigenvalue weighted by molar-refractivity contribution is -0.159. The van der Waals surface area contributed by atoms with Gasteiger partial charge in [-0.3, -0.25) is 0 Å². The van der Waals surface area contributed by atoms with E-state index in [9.17, 15) is 4.79 Å². The Morgan fingerprint density at radius 1 is 1.07 bits per heavy atom. The van der Waals surface area contributed by atoms with Crippen molar-refractivity contribution in [3.05, 3.63) is 0 Å². The summed E-state index contributed by atoms with van der Waals surface area (Å²) in [6.07, 6.45) is 9.50. The maximum Gasteiger partial charge on any atom is 0.152 e. The standard InChI is InChI=1S/C13H22O2/c1-11(2)15-13(10-14)9-5-8-12(13)6-3-4-7-12/h10-11H,3-9H2,1-2H3. The normalized spacial score (nSPS) is 34.1. The summed E-state index contributed by atoms with van der Waals surface area (Å²) in [5, 5.41) is 0. The highest BCUT2D eigenvalue weighted by Crippen LogP contribution is 2.57. The lowest BCUT2D eigenvalue weighted by atomic mass is 9.73. The van der Waals surface area contributed by atoms with E-state index in [2.05, 4.69) is 0 Å². The molecule has 2 aliphatic rings. The average molecular weight is 210 g/mol. The Morgan fingerprint density at radius 2 is 1.67 bits per heavy atom. The Kier molecular flexibility index (Phi) is 2.89. The molecule has 86 valence electrons. The molecule has 2 nitrogen and oxygen atoms in total. The van der Waals surface area contributed by atoms with Gasteiger partial charge in [-0.25, -0.2) is 0 Å².